The van der Waals surface area contributed by atoms with Crippen molar-refractivity contribution < 1.29 is 4.79 Å². The number of carbonyl (C=O) groups excluding carboxylic acids is 1. The molecule has 23 heavy (non-hydrogen) atoms. The third-order valence-electron chi connectivity index (χ3n) is 3.08. The van der Waals surface area contributed by atoms with E-state index in [0.29, 0.717) is 33.9 Å². The molecule has 7 heteroatoms. The molecule has 0 bridgehead atoms. The van der Waals surface area contributed by atoms with E-state index in [1.807, 2.05) is 0 Å². The molecule has 0 saturated carbocycles. The number of hydrogen-bond acceptors (Lipinski definition) is 4. The van der Waals surface area contributed by atoms with Crippen molar-refractivity contribution in [3.8, 4) is 0 Å². The molecular formula is C16H18Cl2N4O. The number of carbonyl (C=O) groups is 1. The van der Waals surface area contributed by atoms with Gasteiger partial charge in [-0.1, -0.05) is 36.5 Å². The minimum atomic E-state index is -0.207. The van der Waals surface area contributed by atoms with Crippen LogP contribution in [-0.2, 0) is 0 Å². The lowest BCUT2D eigenvalue weighted by atomic mass is 10.3. The fourth-order valence-electron chi connectivity index (χ4n) is 1.94. The van der Waals surface area contributed by atoms with Gasteiger partial charge in [-0.05, 0) is 31.5 Å². The zero-order valence-electron chi connectivity index (χ0n) is 13.0. The standard InChI is InChI=1S/C16H18Cl2N4O/c1-3-4-7-19-16(23)14-9-15(21-10(2)20-14)22-11-5-6-12(17)13(18)8-11/h5-6,8-9H,3-4,7H2,1-2H3,(H,19,23)(H,20,21,22). The summed E-state index contributed by atoms with van der Waals surface area (Å²) in [6.07, 6.45) is 1.96. The number of unbranched alkanes of at least 4 members (excludes halogenated alkanes) is 1. The molecule has 0 unspecified atom stereocenters. The van der Waals surface area contributed by atoms with Crippen molar-refractivity contribution in [1.29, 1.82) is 0 Å². The van der Waals surface area contributed by atoms with Crippen molar-refractivity contribution >= 4 is 40.6 Å². The van der Waals surface area contributed by atoms with Gasteiger partial charge in [0.15, 0.2) is 0 Å². The molecule has 0 saturated heterocycles. The molecule has 2 rings (SSSR count). The van der Waals surface area contributed by atoms with E-state index in [-0.39, 0.29) is 5.91 Å². The molecule has 1 amide bonds. The zero-order chi connectivity index (χ0) is 16.8. The number of nitrogens with zero attached hydrogens (tertiary/aromatic N) is 2. The van der Waals surface area contributed by atoms with Crippen molar-refractivity contribution in [3.05, 3.63) is 45.8 Å². The molecule has 122 valence electrons. The first-order valence-corrected chi connectivity index (χ1v) is 8.11. The lowest BCUT2D eigenvalue weighted by Gasteiger charge is -2.09. The predicted octanol–water partition coefficient (Wildman–Crippen LogP) is 4.37. The lowest BCUT2D eigenvalue weighted by Crippen LogP contribution is -2.25. The maximum absolute atomic E-state index is 12.1. The fourth-order valence-corrected chi connectivity index (χ4v) is 2.24. The summed E-state index contributed by atoms with van der Waals surface area (Å²) in [5, 5.41) is 6.86. The summed E-state index contributed by atoms with van der Waals surface area (Å²) in [5.74, 6) is 0.827. The van der Waals surface area contributed by atoms with E-state index in [1.165, 1.54) is 0 Å². The van der Waals surface area contributed by atoms with Crippen molar-refractivity contribution in [2.45, 2.75) is 26.7 Å². The van der Waals surface area contributed by atoms with Gasteiger partial charge in [-0.25, -0.2) is 9.97 Å². The highest BCUT2D eigenvalue weighted by Gasteiger charge is 2.10. The predicted molar refractivity (Wildman–Crippen MR) is 93.8 cm³/mol. The Bertz CT molecular complexity index is 706. The third kappa shape index (κ3) is 5.08. The van der Waals surface area contributed by atoms with Crippen molar-refractivity contribution in [2.75, 3.05) is 11.9 Å². The topological polar surface area (TPSA) is 66.9 Å². The molecule has 1 heterocycles. The molecule has 0 aliphatic heterocycles. The van der Waals surface area contributed by atoms with E-state index in [9.17, 15) is 4.79 Å². The van der Waals surface area contributed by atoms with Gasteiger partial charge in [-0.15, -0.1) is 0 Å². The van der Waals surface area contributed by atoms with Gasteiger partial charge in [0.2, 0.25) is 0 Å². The van der Waals surface area contributed by atoms with Gasteiger partial charge in [0, 0.05) is 18.3 Å². The minimum absolute atomic E-state index is 0.207. The zero-order valence-corrected chi connectivity index (χ0v) is 14.5. The van der Waals surface area contributed by atoms with Crippen LogP contribution in [0.3, 0.4) is 0 Å². The van der Waals surface area contributed by atoms with Crippen LogP contribution in [0, 0.1) is 6.92 Å². The summed E-state index contributed by atoms with van der Waals surface area (Å²) in [7, 11) is 0. The van der Waals surface area contributed by atoms with Crippen LogP contribution in [-0.4, -0.2) is 22.4 Å². The van der Waals surface area contributed by atoms with Gasteiger partial charge in [-0.3, -0.25) is 4.79 Å². The highest BCUT2D eigenvalue weighted by Crippen LogP contribution is 2.26. The molecule has 2 aromatic rings. The summed E-state index contributed by atoms with van der Waals surface area (Å²) in [5.41, 5.74) is 1.06. The van der Waals surface area contributed by atoms with Crippen molar-refractivity contribution in [2.24, 2.45) is 0 Å². The first-order chi connectivity index (χ1) is 11.0. The Balaban J connectivity index is 2.16. The number of aryl methyl sites for hydroxylation is 1. The van der Waals surface area contributed by atoms with E-state index < -0.39 is 0 Å². The molecule has 0 atom stereocenters. The quantitative estimate of drug-likeness (QED) is 0.757. The van der Waals surface area contributed by atoms with Gasteiger partial charge in [-0.2, -0.15) is 0 Å². The second-order valence-corrected chi connectivity index (χ2v) is 5.86. The number of halogens is 2. The lowest BCUT2D eigenvalue weighted by molar-refractivity contribution is 0.0948. The minimum Gasteiger partial charge on any atom is -0.351 e. The van der Waals surface area contributed by atoms with Gasteiger partial charge in [0.05, 0.1) is 10.0 Å². The van der Waals surface area contributed by atoms with E-state index in [0.717, 1.165) is 18.5 Å². The van der Waals surface area contributed by atoms with Gasteiger partial charge in [0.25, 0.3) is 5.91 Å². The summed E-state index contributed by atoms with van der Waals surface area (Å²) in [6, 6.07) is 6.78. The Hall–Kier alpha value is -1.85. The van der Waals surface area contributed by atoms with Crippen molar-refractivity contribution in [3.63, 3.8) is 0 Å². The smallest absolute Gasteiger partial charge is 0.270 e. The van der Waals surface area contributed by atoms with Crippen LogP contribution in [0.25, 0.3) is 0 Å². The van der Waals surface area contributed by atoms with E-state index in [1.54, 1.807) is 31.2 Å². The summed E-state index contributed by atoms with van der Waals surface area (Å²) < 4.78 is 0. The third-order valence-corrected chi connectivity index (χ3v) is 3.82. The molecule has 1 aromatic heterocycles. The van der Waals surface area contributed by atoms with Crippen LogP contribution >= 0.6 is 23.2 Å². The van der Waals surface area contributed by atoms with E-state index in [2.05, 4.69) is 27.5 Å². The SMILES string of the molecule is CCCCNC(=O)c1cc(Nc2ccc(Cl)c(Cl)c2)nc(C)n1. The molecule has 0 aliphatic carbocycles. The molecule has 1 aromatic carbocycles. The Morgan fingerprint density at radius 3 is 2.65 bits per heavy atom. The number of amides is 1. The maximum Gasteiger partial charge on any atom is 0.270 e. The molecule has 0 spiro atoms. The number of nitrogens with one attached hydrogen (secondary N) is 2. The molecular weight excluding hydrogens is 335 g/mol. The number of rotatable bonds is 6. The fraction of sp³-hybridized carbons (Fsp3) is 0.312. The van der Waals surface area contributed by atoms with E-state index in [4.69, 9.17) is 23.2 Å². The number of benzene rings is 1. The first-order valence-electron chi connectivity index (χ1n) is 7.35. The summed E-state index contributed by atoms with van der Waals surface area (Å²) >= 11 is 11.9. The highest BCUT2D eigenvalue weighted by atomic mass is 35.5. The van der Waals surface area contributed by atoms with Gasteiger partial charge in [0.1, 0.15) is 17.3 Å². The first kappa shape index (κ1) is 17.5. The van der Waals surface area contributed by atoms with Crippen molar-refractivity contribution in [1.82, 2.24) is 15.3 Å². The molecule has 2 N–H and O–H groups in total. The molecule has 0 fully saturated rings. The Labute approximate surface area is 145 Å². The summed E-state index contributed by atoms with van der Waals surface area (Å²) in [6.45, 7) is 4.44. The van der Waals surface area contributed by atoms with E-state index >= 15 is 0 Å². The van der Waals surface area contributed by atoms with Crippen LogP contribution < -0.4 is 10.6 Å². The summed E-state index contributed by atoms with van der Waals surface area (Å²) in [4.78, 5) is 20.6. The second kappa shape index (κ2) is 8.13. The Morgan fingerprint density at radius 2 is 1.96 bits per heavy atom. The number of aromatic nitrogens is 2. The van der Waals surface area contributed by atoms with Gasteiger partial charge < -0.3 is 10.6 Å². The normalized spacial score (nSPS) is 10.4. The largest absolute Gasteiger partial charge is 0.351 e. The highest BCUT2D eigenvalue weighted by molar-refractivity contribution is 6.42. The van der Waals surface area contributed by atoms with Gasteiger partial charge >= 0.3 is 0 Å². The molecule has 0 aliphatic rings. The number of hydrogen-bond donors (Lipinski definition) is 2. The molecule has 5 nitrogen and oxygen atoms in total. The second-order valence-electron chi connectivity index (χ2n) is 5.05. The van der Waals surface area contributed by atoms with Crippen LogP contribution in [0.15, 0.2) is 24.3 Å². The van der Waals surface area contributed by atoms with Crippen LogP contribution in [0.4, 0.5) is 11.5 Å². The van der Waals surface area contributed by atoms with Crippen LogP contribution in [0.2, 0.25) is 10.0 Å². The maximum atomic E-state index is 12.1. The monoisotopic (exact) mass is 352 g/mol. The average Bonchev–Trinajstić information content (AvgIpc) is 2.50. The Kier molecular flexibility index (Phi) is 6.19. The number of anilines is 2. The van der Waals surface area contributed by atoms with Crippen LogP contribution in [0.1, 0.15) is 36.1 Å². The van der Waals surface area contributed by atoms with Crippen LogP contribution in [0.5, 0.6) is 0 Å². The Morgan fingerprint density at radius 1 is 1.17 bits per heavy atom. The molecule has 0 radical (unpaired) electrons. The average molecular weight is 353 g/mol.